The zero-order valence-corrected chi connectivity index (χ0v) is 15.2. The van der Waals surface area contributed by atoms with Crippen LogP contribution in [-0.4, -0.2) is 36.3 Å². The van der Waals surface area contributed by atoms with Gasteiger partial charge in [-0.2, -0.15) is 0 Å². The molecule has 1 aliphatic heterocycles. The van der Waals surface area contributed by atoms with E-state index in [1.165, 1.54) is 16.7 Å². The molecule has 1 saturated carbocycles. The van der Waals surface area contributed by atoms with Crippen molar-refractivity contribution >= 4 is 11.8 Å². The average molecular weight is 328 g/mol. The van der Waals surface area contributed by atoms with E-state index in [-0.39, 0.29) is 17.2 Å². The first-order valence-corrected chi connectivity index (χ1v) is 8.87. The monoisotopic (exact) mass is 328 g/mol. The molecule has 4 nitrogen and oxygen atoms in total. The van der Waals surface area contributed by atoms with Crippen molar-refractivity contribution in [1.82, 2.24) is 10.2 Å². The number of hydrogen-bond acceptors (Lipinski definition) is 2. The Balaban J connectivity index is 1.65. The maximum Gasteiger partial charge on any atom is 0.227 e. The molecule has 1 aromatic rings. The van der Waals surface area contributed by atoms with Crippen molar-refractivity contribution in [3.63, 3.8) is 0 Å². The molecule has 130 valence electrons. The lowest BCUT2D eigenvalue weighted by Crippen LogP contribution is -2.44. The summed E-state index contributed by atoms with van der Waals surface area (Å²) >= 11 is 0. The minimum Gasteiger partial charge on any atom is -0.355 e. The van der Waals surface area contributed by atoms with Crippen LogP contribution >= 0.6 is 0 Å². The Kier molecular flexibility index (Phi) is 4.18. The van der Waals surface area contributed by atoms with Gasteiger partial charge in [0.15, 0.2) is 0 Å². The third kappa shape index (κ3) is 3.06. The second-order valence-electron chi connectivity index (χ2n) is 8.03. The van der Waals surface area contributed by atoms with Gasteiger partial charge in [-0.05, 0) is 51.2 Å². The van der Waals surface area contributed by atoms with Crippen molar-refractivity contribution in [1.29, 1.82) is 0 Å². The van der Waals surface area contributed by atoms with E-state index in [0.29, 0.717) is 19.6 Å². The summed E-state index contributed by atoms with van der Waals surface area (Å²) in [6.45, 7) is 9.73. The molecule has 1 unspecified atom stereocenters. The highest BCUT2D eigenvalue weighted by Gasteiger charge is 2.47. The minimum atomic E-state index is -0.454. The molecule has 0 radical (unpaired) electrons. The number of aryl methyl sites for hydroxylation is 2. The minimum absolute atomic E-state index is 0.0560. The average Bonchev–Trinajstić information content (AvgIpc) is 3.18. The van der Waals surface area contributed by atoms with Crippen molar-refractivity contribution < 1.29 is 9.59 Å². The predicted octanol–water partition coefficient (Wildman–Crippen LogP) is 2.71. The van der Waals surface area contributed by atoms with E-state index < -0.39 is 5.41 Å². The summed E-state index contributed by atoms with van der Waals surface area (Å²) in [5.41, 5.74) is 3.62. The van der Waals surface area contributed by atoms with Gasteiger partial charge in [0.25, 0.3) is 0 Å². The Labute approximate surface area is 144 Å². The van der Waals surface area contributed by atoms with Crippen LogP contribution in [0.1, 0.15) is 49.8 Å². The maximum atomic E-state index is 12.7. The Morgan fingerprint density at radius 3 is 2.46 bits per heavy atom. The Hall–Kier alpha value is -1.84. The quantitative estimate of drug-likeness (QED) is 0.924. The van der Waals surface area contributed by atoms with E-state index in [1.807, 2.05) is 6.92 Å². The molecule has 2 aliphatic rings. The third-order valence-electron chi connectivity index (χ3n) is 5.86. The van der Waals surface area contributed by atoms with Crippen LogP contribution in [0.2, 0.25) is 0 Å². The zero-order valence-electron chi connectivity index (χ0n) is 15.2. The van der Waals surface area contributed by atoms with E-state index in [1.54, 1.807) is 11.8 Å². The standard InChI is InChI=1S/C20H28N2O2/c1-14-5-6-17(15(2)11-14)20(7-8-20)12-21-18(24)19(4)9-10-22(13-19)16(3)23/h5-6,11H,7-10,12-13H2,1-4H3,(H,21,24). The van der Waals surface area contributed by atoms with Gasteiger partial charge in [0, 0.05) is 32.0 Å². The highest BCUT2D eigenvalue weighted by molar-refractivity contribution is 5.84. The van der Waals surface area contributed by atoms with Gasteiger partial charge in [0.05, 0.1) is 5.41 Å². The molecule has 3 rings (SSSR count). The van der Waals surface area contributed by atoms with E-state index in [4.69, 9.17) is 0 Å². The molecular weight excluding hydrogens is 300 g/mol. The van der Waals surface area contributed by atoms with Gasteiger partial charge in [0.2, 0.25) is 11.8 Å². The van der Waals surface area contributed by atoms with Crippen LogP contribution in [0.4, 0.5) is 0 Å². The molecule has 1 aromatic carbocycles. The number of likely N-dealkylation sites (tertiary alicyclic amines) is 1. The number of benzene rings is 1. The molecule has 0 bridgehead atoms. The number of carbonyl (C=O) groups is 2. The van der Waals surface area contributed by atoms with E-state index in [9.17, 15) is 9.59 Å². The van der Waals surface area contributed by atoms with Gasteiger partial charge < -0.3 is 10.2 Å². The van der Waals surface area contributed by atoms with Crippen LogP contribution < -0.4 is 5.32 Å². The number of rotatable bonds is 4. The summed E-state index contributed by atoms with van der Waals surface area (Å²) in [4.78, 5) is 26.0. The molecule has 1 atom stereocenters. The Morgan fingerprint density at radius 2 is 1.92 bits per heavy atom. The molecule has 4 heteroatoms. The normalized spacial score (nSPS) is 24.8. The number of nitrogens with zero attached hydrogens (tertiary/aromatic N) is 1. The van der Waals surface area contributed by atoms with Crippen molar-refractivity contribution in [2.45, 2.75) is 52.4 Å². The van der Waals surface area contributed by atoms with Crippen molar-refractivity contribution in [2.24, 2.45) is 5.41 Å². The first kappa shape index (κ1) is 17.0. The molecule has 1 aliphatic carbocycles. The van der Waals surface area contributed by atoms with Crippen LogP contribution in [0, 0.1) is 19.3 Å². The van der Waals surface area contributed by atoms with Gasteiger partial charge in [-0.3, -0.25) is 9.59 Å². The summed E-state index contributed by atoms with van der Waals surface area (Å²) < 4.78 is 0. The lowest BCUT2D eigenvalue weighted by molar-refractivity contribution is -0.131. The highest BCUT2D eigenvalue weighted by atomic mass is 16.2. The lowest BCUT2D eigenvalue weighted by Gasteiger charge is -2.26. The molecule has 2 fully saturated rings. The van der Waals surface area contributed by atoms with E-state index >= 15 is 0 Å². The third-order valence-corrected chi connectivity index (χ3v) is 5.86. The molecular formula is C20H28N2O2. The van der Waals surface area contributed by atoms with E-state index in [0.717, 1.165) is 19.3 Å². The fraction of sp³-hybridized carbons (Fsp3) is 0.600. The zero-order chi connectivity index (χ0) is 17.5. The predicted molar refractivity (Wildman–Crippen MR) is 94.8 cm³/mol. The summed E-state index contributed by atoms with van der Waals surface area (Å²) in [6, 6.07) is 6.60. The fourth-order valence-electron chi connectivity index (χ4n) is 3.98. The SMILES string of the molecule is CC(=O)N1CCC(C)(C(=O)NCC2(c3ccc(C)cc3C)CC2)C1. The molecule has 1 saturated heterocycles. The number of amides is 2. The highest BCUT2D eigenvalue weighted by Crippen LogP contribution is 2.49. The van der Waals surface area contributed by atoms with Crippen molar-refractivity contribution in [3.8, 4) is 0 Å². The molecule has 1 N–H and O–H groups in total. The van der Waals surface area contributed by atoms with Crippen LogP contribution in [0.5, 0.6) is 0 Å². The number of carbonyl (C=O) groups excluding carboxylic acids is 2. The largest absolute Gasteiger partial charge is 0.355 e. The smallest absolute Gasteiger partial charge is 0.227 e. The van der Waals surface area contributed by atoms with Crippen LogP contribution in [0.3, 0.4) is 0 Å². The van der Waals surface area contributed by atoms with Gasteiger partial charge in [-0.25, -0.2) is 0 Å². The molecule has 0 aromatic heterocycles. The van der Waals surface area contributed by atoms with Gasteiger partial charge in [-0.1, -0.05) is 23.8 Å². The van der Waals surface area contributed by atoms with Crippen LogP contribution in [0.25, 0.3) is 0 Å². The molecule has 24 heavy (non-hydrogen) atoms. The fourth-order valence-corrected chi connectivity index (χ4v) is 3.98. The summed E-state index contributed by atoms with van der Waals surface area (Å²) in [5, 5.41) is 3.19. The first-order chi connectivity index (χ1) is 11.3. The summed E-state index contributed by atoms with van der Waals surface area (Å²) in [6.07, 6.45) is 3.01. The molecule has 2 amide bonds. The van der Waals surface area contributed by atoms with Gasteiger partial charge in [0.1, 0.15) is 0 Å². The molecule has 1 heterocycles. The topological polar surface area (TPSA) is 49.4 Å². The number of hydrogen-bond donors (Lipinski definition) is 1. The van der Waals surface area contributed by atoms with Crippen LogP contribution in [0.15, 0.2) is 18.2 Å². The van der Waals surface area contributed by atoms with Gasteiger partial charge in [-0.15, -0.1) is 0 Å². The Morgan fingerprint density at radius 1 is 1.21 bits per heavy atom. The Bertz CT molecular complexity index is 678. The molecule has 0 spiro atoms. The maximum absolute atomic E-state index is 12.7. The van der Waals surface area contributed by atoms with Gasteiger partial charge >= 0.3 is 0 Å². The second-order valence-corrected chi connectivity index (χ2v) is 8.03. The van der Waals surface area contributed by atoms with Crippen molar-refractivity contribution in [2.75, 3.05) is 19.6 Å². The summed E-state index contributed by atoms with van der Waals surface area (Å²) in [7, 11) is 0. The first-order valence-electron chi connectivity index (χ1n) is 8.87. The van der Waals surface area contributed by atoms with Crippen LogP contribution in [-0.2, 0) is 15.0 Å². The summed E-state index contributed by atoms with van der Waals surface area (Å²) in [5.74, 6) is 0.141. The second kappa shape index (κ2) is 5.91. The van der Waals surface area contributed by atoms with E-state index in [2.05, 4.69) is 37.4 Å². The number of nitrogens with one attached hydrogen (secondary N) is 1. The lowest BCUT2D eigenvalue weighted by atomic mass is 9.87. The van der Waals surface area contributed by atoms with Crippen molar-refractivity contribution in [3.05, 3.63) is 34.9 Å².